The number of para-hydroxylation sites is 4. The van der Waals surface area contributed by atoms with Gasteiger partial charge in [0.2, 0.25) is 0 Å². The molecule has 10 aromatic carbocycles. The number of fused-ring (bicyclic) bond motifs is 6. The third-order valence-corrected chi connectivity index (χ3v) is 12.4. The molecule has 2 aromatic heterocycles. The molecule has 0 unspecified atom stereocenters. The van der Waals surface area contributed by atoms with Crippen LogP contribution in [0, 0.1) is 0 Å². The van der Waals surface area contributed by atoms with Crippen molar-refractivity contribution in [3.05, 3.63) is 243 Å². The normalized spacial score (nSPS) is 11.5. The molecule has 0 fully saturated rings. The molecule has 0 N–H and O–H groups in total. The summed E-state index contributed by atoms with van der Waals surface area (Å²) in [5.41, 5.74) is 18.0. The first-order valence-electron chi connectivity index (χ1n) is 21.5. The smallest absolute Gasteiger partial charge is 0.136 e. The number of nitrogens with zero attached hydrogens (tertiary/aromatic N) is 2. The molecule has 0 saturated heterocycles. The lowest BCUT2D eigenvalue weighted by Gasteiger charge is -2.26. The molecule has 0 amide bonds. The molecule has 12 rings (SSSR count). The molecule has 0 aliphatic heterocycles. The molecule has 0 aliphatic rings. The lowest BCUT2D eigenvalue weighted by atomic mass is 9.98. The van der Waals surface area contributed by atoms with E-state index >= 15 is 0 Å². The highest BCUT2D eigenvalue weighted by atomic mass is 16.3. The van der Waals surface area contributed by atoms with Crippen molar-refractivity contribution in [2.75, 3.05) is 4.90 Å². The Bertz CT molecular complexity index is 3550. The fourth-order valence-corrected chi connectivity index (χ4v) is 9.45. The fourth-order valence-electron chi connectivity index (χ4n) is 9.45. The zero-order chi connectivity index (χ0) is 41.7. The second-order valence-corrected chi connectivity index (χ2v) is 16.1. The Kier molecular flexibility index (Phi) is 8.83. The van der Waals surface area contributed by atoms with Gasteiger partial charge in [-0.05, 0) is 112 Å². The zero-order valence-electron chi connectivity index (χ0n) is 34.4. The van der Waals surface area contributed by atoms with Crippen LogP contribution in [0.1, 0.15) is 0 Å². The van der Waals surface area contributed by atoms with Gasteiger partial charge in [0.05, 0.1) is 16.7 Å². The number of rotatable bonds is 8. The van der Waals surface area contributed by atoms with Crippen molar-refractivity contribution in [3.63, 3.8) is 0 Å². The molecule has 12 aromatic rings. The second-order valence-electron chi connectivity index (χ2n) is 16.1. The number of furan rings is 1. The van der Waals surface area contributed by atoms with E-state index < -0.39 is 0 Å². The highest BCUT2D eigenvalue weighted by Gasteiger charge is 2.18. The summed E-state index contributed by atoms with van der Waals surface area (Å²) in [6.45, 7) is 0. The number of hydrogen-bond acceptors (Lipinski definition) is 2. The molecular formula is C60H40N2O. The minimum absolute atomic E-state index is 0.897. The summed E-state index contributed by atoms with van der Waals surface area (Å²) < 4.78 is 8.67. The first-order valence-corrected chi connectivity index (χ1v) is 21.5. The van der Waals surface area contributed by atoms with E-state index in [-0.39, 0.29) is 0 Å². The molecule has 3 nitrogen and oxygen atoms in total. The minimum atomic E-state index is 0.897. The average Bonchev–Trinajstić information content (AvgIpc) is 3.91. The van der Waals surface area contributed by atoms with Crippen LogP contribution in [0.3, 0.4) is 0 Å². The highest BCUT2D eigenvalue weighted by molar-refractivity contribution is 6.12. The second kappa shape index (κ2) is 15.3. The third kappa shape index (κ3) is 6.38. The van der Waals surface area contributed by atoms with Crippen LogP contribution in [0.4, 0.5) is 17.1 Å². The Labute approximate surface area is 366 Å². The van der Waals surface area contributed by atoms with Crippen LogP contribution < -0.4 is 4.90 Å². The van der Waals surface area contributed by atoms with Crippen LogP contribution >= 0.6 is 0 Å². The maximum atomic E-state index is 6.26. The van der Waals surface area contributed by atoms with Gasteiger partial charge in [-0.25, -0.2) is 0 Å². The molecule has 63 heavy (non-hydrogen) atoms. The van der Waals surface area contributed by atoms with Gasteiger partial charge in [0.15, 0.2) is 0 Å². The quantitative estimate of drug-likeness (QED) is 0.153. The zero-order valence-corrected chi connectivity index (χ0v) is 34.4. The van der Waals surface area contributed by atoms with E-state index in [1.54, 1.807) is 0 Å². The van der Waals surface area contributed by atoms with Gasteiger partial charge >= 0.3 is 0 Å². The van der Waals surface area contributed by atoms with Crippen LogP contribution in [-0.4, -0.2) is 4.57 Å². The van der Waals surface area contributed by atoms with Crippen LogP contribution in [0.2, 0.25) is 0 Å². The summed E-state index contributed by atoms with van der Waals surface area (Å²) in [6.07, 6.45) is 0. The molecular weight excluding hydrogens is 765 g/mol. The molecule has 0 aliphatic carbocycles. The van der Waals surface area contributed by atoms with Gasteiger partial charge in [-0.2, -0.15) is 0 Å². The summed E-state index contributed by atoms with van der Waals surface area (Å²) in [6, 6.07) is 87.1. The Morgan fingerprint density at radius 1 is 0.302 bits per heavy atom. The van der Waals surface area contributed by atoms with E-state index in [1.165, 1.54) is 49.6 Å². The van der Waals surface area contributed by atoms with E-state index in [0.29, 0.717) is 0 Å². The van der Waals surface area contributed by atoms with Crippen molar-refractivity contribution in [3.8, 4) is 50.2 Å². The number of benzene rings is 10. The lowest BCUT2D eigenvalue weighted by molar-refractivity contribution is 0.669. The monoisotopic (exact) mass is 804 g/mol. The predicted molar refractivity (Wildman–Crippen MR) is 264 cm³/mol. The minimum Gasteiger partial charge on any atom is -0.456 e. The van der Waals surface area contributed by atoms with Crippen LogP contribution in [-0.2, 0) is 0 Å². The van der Waals surface area contributed by atoms with Crippen molar-refractivity contribution in [2.45, 2.75) is 0 Å². The van der Waals surface area contributed by atoms with Crippen LogP contribution in [0.5, 0.6) is 0 Å². The predicted octanol–water partition coefficient (Wildman–Crippen LogP) is 16.8. The lowest BCUT2D eigenvalue weighted by Crippen LogP contribution is -2.09. The Morgan fingerprint density at radius 3 is 1.40 bits per heavy atom. The van der Waals surface area contributed by atoms with Crippen molar-refractivity contribution < 1.29 is 4.42 Å². The molecule has 2 heterocycles. The maximum Gasteiger partial charge on any atom is 0.136 e. The van der Waals surface area contributed by atoms with Crippen molar-refractivity contribution in [1.82, 2.24) is 4.57 Å². The molecule has 296 valence electrons. The largest absolute Gasteiger partial charge is 0.456 e. The van der Waals surface area contributed by atoms with Gasteiger partial charge in [-0.1, -0.05) is 170 Å². The van der Waals surface area contributed by atoms with E-state index in [2.05, 4.69) is 240 Å². The van der Waals surface area contributed by atoms with E-state index in [1.807, 2.05) is 12.1 Å². The summed E-state index contributed by atoms with van der Waals surface area (Å²) in [5.74, 6) is 0. The van der Waals surface area contributed by atoms with Crippen molar-refractivity contribution in [1.29, 1.82) is 0 Å². The summed E-state index contributed by atoms with van der Waals surface area (Å²) in [4.78, 5) is 2.35. The van der Waals surface area contributed by atoms with Crippen LogP contribution in [0.25, 0.3) is 93.9 Å². The first kappa shape index (κ1) is 36.5. The Hall–Kier alpha value is -8.40. The van der Waals surface area contributed by atoms with E-state index in [4.69, 9.17) is 4.42 Å². The molecule has 0 atom stereocenters. The molecule has 0 spiro atoms. The van der Waals surface area contributed by atoms with Gasteiger partial charge in [0.25, 0.3) is 0 Å². The van der Waals surface area contributed by atoms with Crippen LogP contribution in [0.15, 0.2) is 247 Å². The number of hydrogen-bond donors (Lipinski definition) is 0. The summed E-state index contributed by atoms with van der Waals surface area (Å²) in [5, 5.41) is 4.78. The summed E-state index contributed by atoms with van der Waals surface area (Å²) >= 11 is 0. The van der Waals surface area contributed by atoms with E-state index in [9.17, 15) is 0 Å². The van der Waals surface area contributed by atoms with Gasteiger partial charge in [0, 0.05) is 44.2 Å². The molecule has 3 heteroatoms. The number of anilines is 3. The SMILES string of the molecule is c1ccc(-c2cccc(-c3ccc(N(c4ccc(-c5ccccc5-n5c6ccccc6c6ccccc65)cc4)c4ccc(-c5cccc6oc7ccccc7c56)cc4)cc3)c2)cc1. The van der Waals surface area contributed by atoms with Gasteiger partial charge in [-0.3, -0.25) is 0 Å². The molecule has 0 saturated carbocycles. The van der Waals surface area contributed by atoms with Gasteiger partial charge < -0.3 is 13.9 Å². The summed E-state index contributed by atoms with van der Waals surface area (Å²) in [7, 11) is 0. The van der Waals surface area contributed by atoms with Gasteiger partial charge in [0.1, 0.15) is 11.2 Å². The number of aromatic nitrogens is 1. The van der Waals surface area contributed by atoms with Crippen molar-refractivity contribution >= 4 is 60.8 Å². The Morgan fingerprint density at radius 2 is 0.746 bits per heavy atom. The first-order chi connectivity index (χ1) is 31.2. The molecule has 0 radical (unpaired) electrons. The van der Waals surface area contributed by atoms with Gasteiger partial charge in [-0.15, -0.1) is 0 Å². The maximum absolute atomic E-state index is 6.26. The topological polar surface area (TPSA) is 21.3 Å². The highest BCUT2D eigenvalue weighted by Crippen LogP contribution is 2.42. The van der Waals surface area contributed by atoms with E-state index in [0.717, 1.165) is 61.4 Å². The fraction of sp³-hybridized carbons (Fsp3) is 0. The third-order valence-electron chi connectivity index (χ3n) is 12.4. The molecule has 0 bridgehead atoms. The standard InChI is InChI=1S/C60H40N2O/c1-2-14-41(15-3-1)45-16-12-17-46(40-45)42-28-34-47(35-29-42)61(49-38-32-44(33-39-49)51-22-13-27-59-60(51)54-21-7-11-26-58(54)63-59)48-36-30-43(31-37-48)50-18-4-8-23-55(50)62-56-24-9-5-19-52(56)53-20-6-10-25-57(53)62/h1-40H. The average molecular weight is 805 g/mol. The Balaban J connectivity index is 0.948. The van der Waals surface area contributed by atoms with Crippen molar-refractivity contribution in [2.24, 2.45) is 0 Å².